The van der Waals surface area contributed by atoms with E-state index in [2.05, 4.69) is 9.97 Å². The molecule has 0 aliphatic rings. The van der Waals surface area contributed by atoms with Crippen molar-refractivity contribution in [3.05, 3.63) is 12.4 Å². The molecule has 0 fully saturated rings. The van der Waals surface area contributed by atoms with Gasteiger partial charge in [-0.3, -0.25) is 4.98 Å². The molecular formula is C12H20ClN3O2. The van der Waals surface area contributed by atoms with Crippen LogP contribution in [0.2, 0.25) is 0 Å². The molecule has 6 heteroatoms. The SMILES string of the molecule is CCCOc1cncc(N(C)CC(Cl)COC)n1. The van der Waals surface area contributed by atoms with Crippen molar-refractivity contribution in [1.29, 1.82) is 0 Å². The number of hydrogen-bond acceptors (Lipinski definition) is 5. The topological polar surface area (TPSA) is 47.5 Å². The summed E-state index contributed by atoms with van der Waals surface area (Å²) in [6.07, 6.45) is 4.24. The minimum absolute atomic E-state index is 0.0815. The van der Waals surface area contributed by atoms with E-state index in [1.54, 1.807) is 19.5 Å². The maximum atomic E-state index is 6.10. The molecule has 0 N–H and O–H groups in total. The van der Waals surface area contributed by atoms with Gasteiger partial charge in [-0.05, 0) is 6.42 Å². The summed E-state index contributed by atoms with van der Waals surface area (Å²) in [4.78, 5) is 10.4. The van der Waals surface area contributed by atoms with Gasteiger partial charge in [-0.25, -0.2) is 0 Å². The van der Waals surface area contributed by atoms with Gasteiger partial charge < -0.3 is 14.4 Å². The summed E-state index contributed by atoms with van der Waals surface area (Å²) < 4.78 is 10.4. The molecule has 0 amide bonds. The van der Waals surface area contributed by atoms with Gasteiger partial charge in [-0.15, -0.1) is 11.6 Å². The molecule has 0 bridgehead atoms. The van der Waals surface area contributed by atoms with E-state index in [0.717, 1.165) is 12.2 Å². The van der Waals surface area contributed by atoms with Crippen LogP contribution in [0.1, 0.15) is 13.3 Å². The highest BCUT2D eigenvalue weighted by Gasteiger charge is 2.11. The Labute approximate surface area is 113 Å². The van der Waals surface area contributed by atoms with E-state index in [4.69, 9.17) is 21.1 Å². The van der Waals surface area contributed by atoms with Crippen LogP contribution in [0, 0.1) is 0 Å². The van der Waals surface area contributed by atoms with Gasteiger partial charge in [0.2, 0.25) is 5.88 Å². The fraction of sp³-hybridized carbons (Fsp3) is 0.667. The highest BCUT2D eigenvalue weighted by Crippen LogP contribution is 2.14. The van der Waals surface area contributed by atoms with Crippen molar-refractivity contribution >= 4 is 17.4 Å². The molecule has 1 aromatic heterocycles. The summed E-state index contributed by atoms with van der Waals surface area (Å²) in [6, 6.07) is 0. The zero-order chi connectivity index (χ0) is 13.4. The first-order chi connectivity index (χ1) is 8.67. The fourth-order valence-corrected chi connectivity index (χ4v) is 1.76. The number of ether oxygens (including phenoxy) is 2. The van der Waals surface area contributed by atoms with E-state index in [1.165, 1.54) is 0 Å². The molecule has 1 heterocycles. The van der Waals surface area contributed by atoms with Crippen molar-refractivity contribution in [1.82, 2.24) is 9.97 Å². The van der Waals surface area contributed by atoms with Gasteiger partial charge in [0.15, 0.2) is 5.82 Å². The normalized spacial score (nSPS) is 12.2. The number of aromatic nitrogens is 2. The Kier molecular flexibility index (Phi) is 6.75. The summed E-state index contributed by atoms with van der Waals surface area (Å²) in [5, 5.41) is -0.0815. The third-order valence-corrected chi connectivity index (χ3v) is 2.53. The summed E-state index contributed by atoms with van der Waals surface area (Å²) in [7, 11) is 3.55. The van der Waals surface area contributed by atoms with Gasteiger partial charge in [0.05, 0.1) is 31.0 Å². The second kappa shape index (κ2) is 8.11. The lowest BCUT2D eigenvalue weighted by Gasteiger charge is -2.20. The smallest absolute Gasteiger partial charge is 0.234 e. The maximum Gasteiger partial charge on any atom is 0.234 e. The van der Waals surface area contributed by atoms with Crippen LogP contribution >= 0.6 is 11.6 Å². The summed E-state index contributed by atoms with van der Waals surface area (Å²) in [5.41, 5.74) is 0. The highest BCUT2D eigenvalue weighted by atomic mass is 35.5. The number of methoxy groups -OCH3 is 1. The number of anilines is 1. The summed E-state index contributed by atoms with van der Waals surface area (Å²) >= 11 is 6.10. The quantitative estimate of drug-likeness (QED) is 0.678. The molecule has 0 aliphatic carbocycles. The zero-order valence-corrected chi connectivity index (χ0v) is 11.9. The third kappa shape index (κ3) is 5.06. The van der Waals surface area contributed by atoms with Crippen LogP contribution in [0.3, 0.4) is 0 Å². The van der Waals surface area contributed by atoms with Gasteiger partial charge in [-0.1, -0.05) is 6.92 Å². The molecule has 0 radical (unpaired) electrons. The van der Waals surface area contributed by atoms with Crippen molar-refractivity contribution < 1.29 is 9.47 Å². The largest absolute Gasteiger partial charge is 0.477 e. The van der Waals surface area contributed by atoms with Crippen molar-refractivity contribution in [2.75, 3.05) is 38.8 Å². The van der Waals surface area contributed by atoms with Crippen LogP contribution in [0.25, 0.3) is 0 Å². The average molecular weight is 274 g/mol. The van der Waals surface area contributed by atoms with E-state index in [9.17, 15) is 0 Å². The lowest BCUT2D eigenvalue weighted by molar-refractivity contribution is 0.199. The summed E-state index contributed by atoms with van der Waals surface area (Å²) in [5.74, 6) is 1.28. The predicted molar refractivity (Wildman–Crippen MR) is 72.6 cm³/mol. The molecule has 1 unspecified atom stereocenters. The minimum Gasteiger partial charge on any atom is -0.477 e. The second-order valence-electron chi connectivity index (χ2n) is 4.00. The van der Waals surface area contributed by atoms with Gasteiger partial charge in [-0.2, -0.15) is 4.98 Å². The number of hydrogen-bond donors (Lipinski definition) is 0. The van der Waals surface area contributed by atoms with Crippen molar-refractivity contribution in [3.63, 3.8) is 0 Å². The number of rotatable bonds is 8. The standard InChI is InChI=1S/C12H20ClN3O2/c1-4-5-18-12-7-14-6-11(15-12)16(2)8-10(13)9-17-3/h6-7,10H,4-5,8-9H2,1-3H3. The van der Waals surface area contributed by atoms with Crippen LogP contribution in [-0.2, 0) is 4.74 Å². The van der Waals surface area contributed by atoms with Crippen LogP contribution in [0.5, 0.6) is 5.88 Å². The number of halogens is 1. The lowest BCUT2D eigenvalue weighted by atomic mass is 10.4. The molecule has 1 aromatic rings. The molecule has 5 nitrogen and oxygen atoms in total. The van der Waals surface area contributed by atoms with Crippen molar-refractivity contribution in [2.45, 2.75) is 18.7 Å². The predicted octanol–water partition coefficient (Wildman–Crippen LogP) is 1.96. The molecule has 0 saturated carbocycles. The third-order valence-electron chi connectivity index (χ3n) is 2.26. The zero-order valence-electron chi connectivity index (χ0n) is 11.1. The monoisotopic (exact) mass is 273 g/mol. The van der Waals surface area contributed by atoms with E-state index in [-0.39, 0.29) is 5.38 Å². The van der Waals surface area contributed by atoms with Gasteiger partial charge in [0, 0.05) is 20.7 Å². The molecule has 0 spiro atoms. The first kappa shape index (κ1) is 15.0. The van der Waals surface area contributed by atoms with Crippen LogP contribution in [-0.4, -0.2) is 49.3 Å². The fourth-order valence-electron chi connectivity index (χ4n) is 1.42. The van der Waals surface area contributed by atoms with Gasteiger partial charge >= 0.3 is 0 Å². The van der Waals surface area contributed by atoms with Crippen LogP contribution < -0.4 is 9.64 Å². The van der Waals surface area contributed by atoms with E-state index in [0.29, 0.717) is 25.6 Å². The lowest BCUT2D eigenvalue weighted by Crippen LogP contribution is -2.29. The Hall–Kier alpha value is -1.07. The minimum atomic E-state index is -0.0815. The number of alkyl halides is 1. The molecule has 102 valence electrons. The van der Waals surface area contributed by atoms with Crippen LogP contribution in [0.15, 0.2) is 12.4 Å². The second-order valence-corrected chi connectivity index (χ2v) is 4.61. The van der Waals surface area contributed by atoms with E-state index < -0.39 is 0 Å². The van der Waals surface area contributed by atoms with Crippen LogP contribution in [0.4, 0.5) is 5.82 Å². The van der Waals surface area contributed by atoms with Gasteiger partial charge in [0.1, 0.15) is 0 Å². The van der Waals surface area contributed by atoms with E-state index >= 15 is 0 Å². The number of nitrogens with zero attached hydrogens (tertiary/aromatic N) is 3. The Morgan fingerprint density at radius 2 is 2.22 bits per heavy atom. The average Bonchev–Trinajstić information content (AvgIpc) is 2.37. The highest BCUT2D eigenvalue weighted by molar-refractivity contribution is 6.21. The first-order valence-corrected chi connectivity index (χ1v) is 6.40. The molecule has 0 aromatic carbocycles. The Morgan fingerprint density at radius 3 is 2.89 bits per heavy atom. The van der Waals surface area contributed by atoms with Crippen molar-refractivity contribution in [3.8, 4) is 5.88 Å². The Bertz CT molecular complexity index is 352. The molecule has 0 aliphatic heterocycles. The van der Waals surface area contributed by atoms with Crippen molar-refractivity contribution in [2.24, 2.45) is 0 Å². The molecule has 1 atom stereocenters. The molecular weight excluding hydrogens is 254 g/mol. The van der Waals surface area contributed by atoms with E-state index in [1.807, 2.05) is 18.9 Å². The molecule has 1 rings (SSSR count). The first-order valence-electron chi connectivity index (χ1n) is 5.96. The summed E-state index contributed by atoms with van der Waals surface area (Å²) in [6.45, 7) is 3.84. The molecule has 18 heavy (non-hydrogen) atoms. The molecule has 0 saturated heterocycles. The van der Waals surface area contributed by atoms with Gasteiger partial charge in [0.25, 0.3) is 0 Å². The Balaban J connectivity index is 2.58. The Morgan fingerprint density at radius 1 is 1.44 bits per heavy atom. The maximum absolute atomic E-state index is 6.10.